The third-order valence-electron chi connectivity index (χ3n) is 22.3. The summed E-state index contributed by atoms with van der Waals surface area (Å²) < 4.78 is 70.6. The molecular weight excluding hydrogens is 1360 g/mol. The highest BCUT2D eigenvalue weighted by Gasteiger charge is 2.51. The second-order valence-electron chi connectivity index (χ2n) is 29.8. The van der Waals surface area contributed by atoms with Crippen molar-refractivity contribution in [3.8, 4) is 0 Å². The van der Waals surface area contributed by atoms with Gasteiger partial charge in [0.05, 0.1) is 23.6 Å². The van der Waals surface area contributed by atoms with E-state index in [2.05, 4.69) is 16.0 Å². The van der Waals surface area contributed by atoms with E-state index >= 15 is 24.0 Å². The molecule has 3 N–H and O–H groups in total. The number of hydrogen-bond acceptors (Lipinski definition) is 12. The van der Waals surface area contributed by atoms with E-state index in [9.17, 15) is 55.5 Å². The second-order valence-corrected chi connectivity index (χ2v) is 30.2. The fourth-order valence-electron chi connectivity index (χ4n) is 15.4. The summed E-state index contributed by atoms with van der Waals surface area (Å²) in [5, 5.41) is 7.91. The maximum absolute atomic E-state index is 15.4. The minimum absolute atomic E-state index is 0.00220. The lowest BCUT2D eigenvalue weighted by molar-refractivity contribution is -0.160. The van der Waals surface area contributed by atoms with E-state index in [-0.39, 0.29) is 101 Å². The number of likely N-dealkylation sites (N-methyl/N-ethyl adjacent to an activating group) is 6. The molecule has 570 valence electrons. The van der Waals surface area contributed by atoms with E-state index in [1.165, 1.54) is 79.8 Å². The fraction of sp³-hybridized carbons (Fsp3) is 0.750. The number of carbonyl (C=O) groups excluding carboxylic acids is 12. The van der Waals surface area contributed by atoms with Gasteiger partial charge in [-0.15, -0.1) is 0 Å². The molecule has 102 heavy (non-hydrogen) atoms. The van der Waals surface area contributed by atoms with Crippen molar-refractivity contribution in [1.29, 1.82) is 0 Å². The molecule has 0 unspecified atom stereocenters. The molecule has 6 fully saturated rings. The number of amides is 12. The molecular formula is C72H108ClF5N12O12. The van der Waals surface area contributed by atoms with Gasteiger partial charge >= 0.3 is 6.18 Å². The van der Waals surface area contributed by atoms with Crippen LogP contribution in [0.25, 0.3) is 0 Å². The van der Waals surface area contributed by atoms with Gasteiger partial charge in [0.2, 0.25) is 77.3 Å². The third kappa shape index (κ3) is 19.8. The highest BCUT2D eigenvalue weighted by molar-refractivity contribution is 6.31. The van der Waals surface area contributed by atoms with Crippen LogP contribution in [-0.4, -0.2) is 256 Å². The van der Waals surface area contributed by atoms with Gasteiger partial charge in [-0.1, -0.05) is 96.7 Å². The Kier molecular flexibility index (Phi) is 29.0. The molecule has 0 bridgehead atoms. The van der Waals surface area contributed by atoms with Crippen LogP contribution in [0.15, 0.2) is 18.2 Å². The number of hydrogen-bond donors (Lipinski definition) is 3. The van der Waals surface area contributed by atoms with Crippen molar-refractivity contribution in [2.75, 3.05) is 75.0 Å². The van der Waals surface area contributed by atoms with E-state index < -0.39 is 186 Å². The monoisotopic (exact) mass is 1460 g/mol. The normalized spacial score (nSPS) is 27.5. The zero-order valence-corrected chi connectivity index (χ0v) is 62.0. The molecule has 7 rings (SSSR count). The zero-order chi connectivity index (χ0) is 75.4. The minimum atomic E-state index is -4.79. The van der Waals surface area contributed by atoms with Crippen LogP contribution in [0.2, 0.25) is 5.02 Å². The molecule has 4 aliphatic heterocycles. The molecule has 12 amide bonds. The van der Waals surface area contributed by atoms with Crippen molar-refractivity contribution >= 4 is 82.5 Å². The minimum Gasteiger partial charge on any atom is -0.343 e. The quantitative estimate of drug-likeness (QED) is 0.181. The van der Waals surface area contributed by atoms with Crippen LogP contribution < -0.4 is 16.0 Å². The first-order valence-corrected chi connectivity index (χ1v) is 36.9. The Bertz CT molecular complexity index is 3200. The largest absolute Gasteiger partial charge is 0.417 e. The van der Waals surface area contributed by atoms with Crippen LogP contribution in [0.3, 0.4) is 0 Å². The van der Waals surface area contributed by atoms with E-state index in [0.717, 1.165) is 70.3 Å². The van der Waals surface area contributed by atoms with E-state index in [0.29, 0.717) is 32.1 Å². The van der Waals surface area contributed by atoms with Crippen molar-refractivity contribution in [3.63, 3.8) is 0 Å². The predicted octanol–water partition coefficient (Wildman–Crippen LogP) is 6.42. The van der Waals surface area contributed by atoms with Crippen LogP contribution in [0.5, 0.6) is 0 Å². The summed E-state index contributed by atoms with van der Waals surface area (Å²) in [5.74, 6) is -9.62. The summed E-state index contributed by atoms with van der Waals surface area (Å²) in [6.45, 7) is 8.64. The molecule has 2 aliphatic carbocycles. The number of benzene rings is 1. The Morgan fingerprint density at radius 1 is 0.637 bits per heavy atom. The lowest BCUT2D eigenvalue weighted by Gasteiger charge is -2.45. The van der Waals surface area contributed by atoms with Crippen molar-refractivity contribution in [2.45, 2.75) is 255 Å². The van der Waals surface area contributed by atoms with Gasteiger partial charge in [0.15, 0.2) is 0 Å². The lowest BCUT2D eigenvalue weighted by atomic mass is 9.84. The molecule has 30 heteroatoms. The third-order valence-corrected chi connectivity index (χ3v) is 22.6. The fourth-order valence-corrected chi connectivity index (χ4v) is 15.7. The van der Waals surface area contributed by atoms with Crippen LogP contribution in [0, 0.1) is 17.8 Å². The Labute approximate surface area is 601 Å². The van der Waals surface area contributed by atoms with Crippen LogP contribution in [0.1, 0.15) is 187 Å². The second kappa shape index (κ2) is 36.0. The molecule has 2 saturated carbocycles. The number of halogens is 6. The Morgan fingerprint density at radius 3 is 1.86 bits per heavy atom. The maximum atomic E-state index is 15.4. The average Bonchev–Trinajstić information content (AvgIpc) is 1.38. The highest BCUT2D eigenvalue weighted by atomic mass is 35.5. The molecule has 1 spiro atoms. The first-order valence-electron chi connectivity index (χ1n) is 36.6. The Hall–Kier alpha value is -7.20. The van der Waals surface area contributed by atoms with E-state index in [1.807, 2.05) is 20.8 Å². The molecule has 0 aromatic heterocycles. The van der Waals surface area contributed by atoms with Crippen LogP contribution >= 0.6 is 11.6 Å². The van der Waals surface area contributed by atoms with Gasteiger partial charge < -0.3 is 60.0 Å². The van der Waals surface area contributed by atoms with Crippen molar-refractivity contribution in [2.24, 2.45) is 17.8 Å². The number of nitrogens with zero attached hydrogens (tertiary/aromatic N) is 9. The van der Waals surface area contributed by atoms with Crippen molar-refractivity contribution < 1.29 is 79.5 Å². The van der Waals surface area contributed by atoms with Crippen molar-refractivity contribution in [3.05, 3.63) is 34.3 Å². The SMILES string of the molecule is CC[C@H](C)[C@@H]1NC(=O)[C@H](CC(C)C)N(C)C(=O)C[C@@H](C(=O)N2CCCCC2)N(C)C(=O)[C@H](CCC(F)F)N(C)C(=O)C2(CCCC2)NC(=O)[C@@H]2CCCN2C(=O)[C@H](CCc2ccc(C(F)(F)F)c(Cl)c2)NC(=O)CN(C)C(=O)[C@H](CC2CCCCC2)N(C)C(=O)[C@@H]2CCN2C(=O)[C@H](C)N(C)C1=O. The summed E-state index contributed by atoms with van der Waals surface area (Å²) >= 11 is 6.14. The first-order chi connectivity index (χ1) is 48.0. The predicted molar refractivity (Wildman–Crippen MR) is 369 cm³/mol. The van der Waals surface area contributed by atoms with Gasteiger partial charge in [-0.05, 0) is 126 Å². The molecule has 24 nitrogen and oxygen atoms in total. The van der Waals surface area contributed by atoms with Gasteiger partial charge in [-0.2, -0.15) is 13.2 Å². The highest BCUT2D eigenvalue weighted by Crippen LogP contribution is 2.38. The molecule has 10 atom stereocenters. The number of alkyl halides is 5. The van der Waals surface area contributed by atoms with Gasteiger partial charge in [-0.25, -0.2) is 8.78 Å². The molecule has 4 heterocycles. The van der Waals surface area contributed by atoms with Gasteiger partial charge in [-0.3, -0.25) is 57.5 Å². The van der Waals surface area contributed by atoms with E-state index in [4.69, 9.17) is 11.6 Å². The summed E-state index contributed by atoms with van der Waals surface area (Å²) in [6.07, 6.45) is -2.15. The van der Waals surface area contributed by atoms with Crippen molar-refractivity contribution in [1.82, 2.24) is 60.0 Å². The van der Waals surface area contributed by atoms with E-state index in [1.54, 1.807) is 6.92 Å². The number of carbonyl (C=O) groups is 12. The zero-order valence-electron chi connectivity index (χ0n) is 61.2. The van der Waals surface area contributed by atoms with Gasteiger partial charge in [0.25, 0.3) is 0 Å². The van der Waals surface area contributed by atoms with Crippen LogP contribution in [-0.2, 0) is 70.1 Å². The van der Waals surface area contributed by atoms with Gasteiger partial charge in [0, 0.05) is 74.9 Å². The summed E-state index contributed by atoms with van der Waals surface area (Å²) in [5.41, 5.74) is -2.61. The molecule has 1 aromatic rings. The smallest absolute Gasteiger partial charge is 0.343 e. The topological polar surface area (TPSA) is 270 Å². The Morgan fingerprint density at radius 2 is 1.27 bits per heavy atom. The first kappa shape index (κ1) is 82.1. The van der Waals surface area contributed by atoms with Crippen LogP contribution in [0.4, 0.5) is 22.0 Å². The number of likely N-dealkylation sites (tertiary alicyclic amines) is 1. The number of nitrogens with one attached hydrogen (secondary N) is 3. The summed E-state index contributed by atoms with van der Waals surface area (Å²) in [4.78, 5) is 190. The Balaban J connectivity index is 1.30. The number of aryl methyl sites for hydroxylation is 1. The standard InChI is InChI=1S/C72H108ClF5N12O12/c1-12-44(4)60-69(101)83(7)45(5)63(95)90-37-31-53(90)67(99)85(9)55(40-46-22-15-13-16-23-46)65(97)82(6)42-58(91)79-50(28-26-47-25-27-48(49(73)39-47)72(76,77)78)64(96)89-36-21-24-51(89)62(94)81-71(32-17-18-33-71)70(102)87(11)52(29-30-57(74)75)66(98)86(10)56(68(100)88-34-19-14-20-35-88)41-59(92)84(8)54(38-43(2)3)61(93)80-60/h25,27,39,43-46,50-57,60H,12-24,26,28-38,40-42H2,1-11H3,(H,79,91)(H,80,93)(H,81,94)/t44-,45-,50-,51-,52-,53-,54-,55-,56-,60-/m0/s1. The lowest BCUT2D eigenvalue weighted by Crippen LogP contribution is -2.65. The molecule has 0 radical (unpaired) electrons. The number of fused-ring (bicyclic) bond motifs is 2. The summed E-state index contributed by atoms with van der Waals surface area (Å²) in [6, 6.07) is -8.96. The number of piperidine rings is 1. The summed E-state index contributed by atoms with van der Waals surface area (Å²) in [7, 11) is 8.06. The molecule has 6 aliphatic rings. The average molecular weight is 1460 g/mol. The number of rotatable bonds is 13. The van der Waals surface area contributed by atoms with Gasteiger partial charge in [0.1, 0.15) is 59.9 Å². The maximum Gasteiger partial charge on any atom is 0.417 e. The molecule has 1 aromatic carbocycles. The molecule has 4 saturated heterocycles.